The molecule has 1 heterocycles. The van der Waals surface area contributed by atoms with E-state index in [1.54, 1.807) is 18.1 Å². The number of nitrogens with zero attached hydrogens (tertiary/aromatic N) is 2. The fourth-order valence-electron chi connectivity index (χ4n) is 3.75. The van der Waals surface area contributed by atoms with Gasteiger partial charge in [0.1, 0.15) is 11.6 Å². The molecule has 0 saturated carbocycles. The third-order valence-electron chi connectivity index (χ3n) is 5.48. The molecule has 0 atom stereocenters. The van der Waals surface area contributed by atoms with Crippen molar-refractivity contribution in [3.8, 4) is 5.75 Å². The van der Waals surface area contributed by atoms with Gasteiger partial charge in [-0.15, -0.1) is 0 Å². The van der Waals surface area contributed by atoms with Gasteiger partial charge in [-0.1, -0.05) is 18.2 Å². The maximum Gasteiger partial charge on any atom is 0.261 e. The van der Waals surface area contributed by atoms with E-state index in [1.807, 2.05) is 24.3 Å². The molecule has 0 bridgehead atoms. The second-order valence-corrected chi connectivity index (χ2v) is 9.27. The number of ether oxygens (including phenoxy) is 1. The highest BCUT2D eigenvalue weighted by atomic mass is 32.2. The summed E-state index contributed by atoms with van der Waals surface area (Å²) in [5, 5.41) is 0. The number of amides is 1. The highest BCUT2D eigenvalue weighted by Gasteiger charge is 2.25. The van der Waals surface area contributed by atoms with E-state index in [2.05, 4.69) is 9.62 Å². The number of piperazine rings is 1. The maximum absolute atomic E-state index is 13.1. The molecule has 1 fully saturated rings. The Balaban J connectivity index is 1.45. The summed E-state index contributed by atoms with van der Waals surface area (Å²) in [7, 11) is -2.30. The molecule has 4 rings (SSSR count). The van der Waals surface area contributed by atoms with Crippen LogP contribution in [0.2, 0.25) is 0 Å². The van der Waals surface area contributed by atoms with Crippen LogP contribution in [0, 0.1) is 5.82 Å². The summed E-state index contributed by atoms with van der Waals surface area (Å²) >= 11 is 0. The van der Waals surface area contributed by atoms with Gasteiger partial charge < -0.3 is 14.5 Å². The van der Waals surface area contributed by atoms with Gasteiger partial charge >= 0.3 is 0 Å². The van der Waals surface area contributed by atoms with E-state index in [-0.39, 0.29) is 16.5 Å². The van der Waals surface area contributed by atoms with Crippen molar-refractivity contribution in [2.45, 2.75) is 4.90 Å². The van der Waals surface area contributed by atoms with E-state index in [0.29, 0.717) is 31.7 Å². The predicted octanol–water partition coefficient (Wildman–Crippen LogP) is 3.60. The van der Waals surface area contributed by atoms with Crippen LogP contribution in [0.15, 0.2) is 77.7 Å². The first-order valence-electron chi connectivity index (χ1n) is 10.4. The monoisotopic (exact) mass is 469 g/mol. The van der Waals surface area contributed by atoms with Crippen LogP contribution < -0.4 is 14.4 Å². The van der Waals surface area contributed by atoms with E-state index in [9.17, 15) is 17.6 Å². The summed E-state index contributed by atoms with van der Waals surface area (Å²) in [5.74, 6) is 0.0914. The number of carbonyl (C=O) groups is 1. The number of hydrogen-bond acceptors (Lipinski definition) is 5. The highest BCUT2D eigenvalue weighted by Crippen LogP contribution is 2.28. The standard InChI is InChI=1S/C24H24FN3O4S/c1-32-23-8-3-2-7-22(23)27-13-15-28(16-14-27)24(29)18-5-4-6-21(17-18)33(30,31)26-20-11-9-19(25)10-12-20/h2-12,17,26H,13-16H2,1H3. The number of rotatable bonds is 6. The zero-order chi connectivity index (χ0) is 23.4. The summed E-state index contributed by atoms with van der Waals surface area (Å²) < 4.78 is 46.4. The van der Waals surface area contributed by atoms with Gasteiger partial charge in [0.2, 0.25) is 0 Å². The van der Waals surface area contributed by atoms with Crippen molar-refractivity contribution in [2.75, 3.05) is 42.9 Å². The van der Waals surface area contributed by atoms with Crippen LogP contribution in [0.5, 0.6) is 5.75 Å². The van der Waals surface area contributed by atoms with Gasteiger partial charge in [-0.05, 0) is 54.6 Å². The van der Waals surface area contributed by atoms with Crippen molar-refractivity contribution in [3.05, 3.63) is 84.2 Å². The first kappa shape index (κ1) is 22.6. The molecule has 3 aromatic rings. The Hall–Kier alpha value is -3.59. The van der Waals surface area contributed by atoms with E-state index in [1.165, 1.54) is 42.5 Å². The van der Waals surface area contributed by atoms with Crippen molar-refractivity contribution >= 4 is 27.3 Å². The van der Waals surface area contributed by atoms with Crippen molar-refractivity contribution in [1.82, 2.24) is 4.90 Å². The van der Waals surface area contributed by atoms with Gasteiger partial charge in [0, 0.05) is 37.4 Å². The molecule has 0 aromatic heterocycles. The van der Waals surface area contributed by atoms with Gasteiger partial charge in [0.15, 0.2) is 0 Å². The maximum atomic E-state index is 13.1. The molecule has 9 heteroatoms. The zero-order valence-corrected chi connectivity index (χ0v) is 18.9. The number of benzene rings is 3. The van der Waals surface area contributed by atoms with Gasteiger partial charge in [0.25, 0.3) is 15.9 Å². The van der Waals surface area contributed by atoms with E-state index >= 15 is 0 Å². The molecule has 1 aliphatic rings. The third kappa shape index (κ3) is 5.09. The average Bonchev–Trinajstić information content (AvgIpc) is 2.85. The summed E-state index contributed by atoms with van der Waals surface area (Å²) in [4.78, 5) is 16.9. The molecular weight excluding hydrogens is 445 g/mol. The Kier molecular flexibility index (Phi) is 6.50. The number of nitrogens with one attached hydrogen (secondary N) is 1. The molecule has 172 valence electrons. The topological polar surface area (TPSA) is 79.0 Å². The first-order chi connectivity index (χ1) is 15.9. The molecule has 1 amide bonds. The smallest absolute Gasteiger partial charge is 0.261 e. The number of hydrogen-bond donors (Lipinski definition) is 1. The SMILES string of the molecule is COc1ccccc1N1CCN(C(=O)c2cccc(S(=O)(=O)Nc3ccc(F)cc3)c2)CC1. The quantitative estimate of drug-likeness (QED) is 0.597. The Bertz CT molecular complexity index is 1240. The fourth-order valence-corrected chi connectivity index (χ4v) is 4.86. The largest absolute Gasteiger partial charge is 0.495 e. The molecule has 1 N–H and O–H groups in total. The van der Waals surface area contributed by atoms with Crippen molar-refractivity contribution in [2.24, 2.45) is 0 Å². The van der Waals surface area contributed by atoms with Crippen LogP contribution in [-0.2, 0) is 10.0 Å². The Morgan fingerprint density at radius 3 is 2.33 bits per heavy atom. The number of sulfonamides is 1. The zero-order valence-electron chi connectivity index (χ0n) is 18.1. The van der Waals surface area contributed by atoms with Crippen molar-refractivity contribution < 1.29 is 22.3 Å². The summed E-state index contributed by atoms with van der Waals surface area (Å²) in [6, 6.07) is 18.7. The average molecular weight is 470 g/mol. The summed E-state index contributed by atoms with van der Waals surface area (Å²) in [6.07, 6.45) is 0. The number of anilines is 2. The van der Waals surface area contributed by atoms with Gasteiger partial charge in [-0.25, -0.2) is 12.8 Å². The van der Waals surface area contributed by atoms with Crippen LogP contribution in [-0.4, -0.2) is 52.5 Å². The molecule has 1 saturated heterocycles. The van der Waals surface area contributed by atoms with Crippen molar-refractivity contribution in [3.63, 3.8) is 0 Å². The van der Waals surface area contributed by atoms with E-state index < -0.39 is 15.8 Å². The minimum absolute atomic E-state index is 0.0367. The fraction of sp³-hybridized carbons (Fsp3) is 0.208. The first-order valence-corrected chi connectivity index (χ1v) is 11.9. The molecule has 33 heavy (non-hydrogen) atoms. The molecule has 0 aliphatic carbocycles. The number of halogens is 1. The minimum atomic E-state index is -3.93. The second kappa shape index (κ2) is 9.50. The van der Waals surface area contributed by atoms with Crippen LogP contribution in [0.4, 0.5) is 15.8 Å². The lowest BCUT2D eigenvalue weighted by Gasteiger charge is -2.36. The minimum Gasteiger partial charge on any atom is -0.495 e. The number of methoxy groups -OCH3 is 1. The molecule has 3 aromatic carbocycles. The van der Waals surface area contributed by atoms with Crippen LogP contribution in [0.3, 0.4) is 0 Å². The summed E-state index contributed by atoms with van der Waals surface area (Å²) in [5.41, 5.74) is 1.51. The molecule has 0 unspecified atom stereocenters. The molecule has 7 nitrogen and oxygen atoms in total. The number of para-hydroxylation sites is 2. The van der Waals surface area contributed by atoms with Gasteiger partial charge in [0.05, 0.1) is 17.7 Å². The Morgan fingerprint density at radius 2 is 1.64 bits per heavy atom. The normalized spacial score (nSPS) is 14.1. The Morgan fingerprint density at radius 1 is 0.939 bits per heavy atom. The molecule has 0 spiro atoms. The second-order valence-electron chi connectivity index (χ2n) is 7.59. The van der Waals surface area contributed by atoms with E-state index in [4.69, 9.17) is 4.74 Å². The Labute approximate surface area is 192 Å². The van der Waals surface area contributed by atoms with Gasteiger partial charge in [-0.2, -0.15) is 0 Å². The lowest BCUT2D eigenvalue weighted by Crippen LogP contribution is -2.48. The molecule has 0 radical (unpaired) electrons. The van der Waals surface area contributed by atoms with Gasteiger partial charge in [-0.3, -0.25) is 9.52 Å². The summed E-state index contributed by atoms with van der Waals surface area (Å²) in [6.45, 7) is 2.27. The van der Waals surface area contributed by atoms with Crippen LogP contribution in [0.25, 0.3) is 0 Å². The molecule has 1 aliphatic heterocycles. The van der Waals surface area contributed by atoms with E-state index in [0.717, 1.165) is 11.4 Å². The highest BCUT2D eigenvalue weighted by molar-refractivity contribution is 7.92. The predicted molar refractivity (Wildman–Crippen MR) is 125 cm³/mol. The van der Waals surface area contributed by atoms with Crippen LogP contribution >= 0.6 is 0 Å². The third-order valence-corrected chi connectivity index (χ3v) is 6.86. The lowest BCUT2D eigenvalue weighted by atomic mass is 10.1. The van der Waals surface area contributed by atoms with Crippen molar-refractivity contribution in [1.29, 1.82) is 0 Å². The lowest BCUT2D eigenvalue weighted by molar-refractivity contribution is 0.0746. The molecular formula is C24H24FN3O4S. The van der Waals surface area contributed by atoms with Crippen LogP contribution in [0.1, 0.15) is 10.4 Å². The number of carbonyl (C=O) groups excluding carboxylic acids is 1.